The van der Waals surface area contributed by atoms with E-state index in [0.717, 1.165) is 40.9 Å². The van der Waals surface area contributed by atoms with E-state index in [1.54, 1.807) is 6.26 Å². The Morgan fingerprint density at radius 1 is 1.15 bits per heavy atom. The summed E-state index contributed by atoms with van der Waals surface area (Å²) >= 11 is 0. The molecule has 0 atom stereocenters. The molecule has 27 heavy (non-hydrogen) atoms. The first-order chi connectivity index (χ1) is 12.7. The maximum atomic E-state index is 5.36. The highest BCUT2D eigenvalue weighted by Crippen LogP contribution is 2.17. The van der Waals surface area contributed by atoms with Gasteiger partial charge in [-0.3, -0.25) is 0 Å². The fraction of sp³-hybridized carbons (Fsp3) is 0.300. The molecule has 0 aliphatic heterocycles. The van der Waals surface area contributed by atoms with Crippen molar-refractivity contribution in [3.05, 3.63) is 71.4 Å². The summed E-state index contributed by atoms with van der Waals surface area (Å²) in [5.41, 5.74) is 4.30. The van der Waals surface area contributed by atoms with Gasteiger partial charge in [0.1, 0.15) is 5.76 Å². The normalized spacial score (nSPS) is 11.1. The second-order valence-corrected chi connectivity index (χ2v) is 6.10. The van der Waals surface area contributed by atoms with Crippen LogP contribution in [0, 0.1) is 13.8 Å². The Labute approximate surface area is 177 Å². The molecule has 0 saturated heterocycles. The van der Waals surface area contributed by atoms with Gasteiger partial charge in [0.2, 0.25) is 0 Å². The van der Waals surface area contributed by atoms with Crippen LogP contribution in [0.25, 0.3) is 5.69 Å². The Balaban J connectivity index is 0.00000261. The summed E-state index contributed by atoms with van der Waals surface area (Å²) in [5.74, 6) is 1.63. The third-order valence-electron chi connectivity index (χ3n) is 3.99. The Morgan fingerprint density at radius 2 is 1.96 bits per heavy atom. The summed E-state index contributed by atoms with van der Waals surface area (Å²) in [7, 11) is 0. The number of benzene rings is 1. The van der Waals surface area contributed by atoms with E-state index in [1.807, 2.05) is 42.8 Å². The van der Waals surface area contributed by atoms with E-state index in [-0.39, 0.29) is 24.0 Å². The van der Waals surface area contributed by atoms with Gasteiger partial charge in [0.05, 0.1) is 30.7 Å². The van der Waals surface area contributed by atoms with Crippen molar-refractivity contribution >= 4 is 29.9 Å². The van der Waals surface area contributed by atoms with Gasteiger partial charge in [-0.1, -0.05) is 18.2 Å². The van der Waals surface area contributed by atoms with Crippen molar-refractivity contribution in [2.45, 2.75) is 33.9 Å². The number of nitrogens with one attached hydrogen (secondary N) is 2. The van der Waals surface area contributed by atoms with Crippen molar-refractivity contribution in [3.8, 4) is 5.69 Å². The number of hydrogen-bond acceptors (Lipinski definition) is 3. The fourth-order valence-corrected chi connectivity index (χ4v) is 2.81. The molecule has 1 aromatic carbocycles. The maximum Gasteiger partial charge on any atom is 0.191 e. The number of para-hydroxylation sites is 1. The zero-order valence-corrected chi connectivity index (χ0v) is 18.2. The van der Waals surface area contributed by atoms with Crippen molar-refractivity contribution < 1.29 is 4.42 Å². The van der Waals surface area contributed by atoms with Crippen LogP contribution in [-0.2, 0) is 13.1 Å². The predicted molar refractivity (Wildman–Crippen MR) is 119 cm³/mol. The van der Waals surface area contributed by atoms with Crippen LogP contribution >= 0.6 is 24.0 Å². The van der Waals surface area contributed by atoms with Crippen LogP contribution in [0.15, 0.2) is 58.1 Å². The number of aryl methyl sites for hydroxylation is 2. The minimum absolute atomic E-state index is 0. The van der Waals surface area contributed by atoms with E-state index in [0.29, 0.717) is 13.1 Å². The molecule has 3 rings (SSSR count). The van der Waals surface area contributed by atoms with E-state index in [1.165, 1.54) is 0 Å². The Kier molecular flexibility index (Phi) is 7.90. The summed E-state index contributed by atoms with van der Waals surface area (Å²) in [5, 5.41) is 11.2. The van der Waals surface area contributed by atoms with E-state index >= 15 is 0 Å². The summed E-state index contributed by atoms with van der Waals surface area (Å²) in [6, 6.07) is 14.1. The van der Waals surface area contributed by atoms with Crippen LogP contribution in [0.2, 0.25) is 0 Å². The number of aliphatic imine (C=N–C) groups is 1. The molecule has 0 unspecified atom stereocenters. The molecule has 7 heteroatoms. The molecule has 0 fully saturated rings. The van der Waals surface area contributed by atoms with Gasteiger partial charge < -0.3 is 15.1 Å². The number of nitrogens with zero attached hydrogens (tertiary/aromatic N) is 3. The molecule has 0 aliphatic carbocycles. The lowest BCUT2D eigenvalue weighted by molar-refractivity contribution is 0.501. The zero-order valence-electron chi connectivity index (χ0n) is 15.9. The highest BCUT2D eigenvalue weighted by Gasteiger charge is 2.09. The quantitative estimate of drug-likeness (QED) is 0.319. The van der Waals surface area contributed by atoms with Crippen molar-refractivity contribution in [2.24, 2.45) is 4.99 Å². The van der Waals surface area contributed by atoms with Crippen LogP contribution in [0.1, 0.15) is 29.6 Å². The van der Waals surface area contributed by atoms with E-state index in [2.05, 4.69) is 40.9 Å². The van der Waals surface area contributed by atoms with Crippen molar-refractivity contribution in [3.63, 3.8) is 0 Å². The molecule has 0 saturated carbocycles. The number of furan rings is 1. The third kappa shape index (κ3) is 5.59. The van der Waals surface area contributed by atoms with Crippen molar-refractivity contribution in [2.75, 3.05) is 6.54 Å². The first-order valence-electron chi connectivity index (χ1n) is 8.83. The van der Waals surface area contributed by atoms with E-state index in [4.69, 9.17) is 9.41 Å². The molecule has 0 spiro atoms. The molecule has 0 bridgehead atoms. The Bertz CT molecular complexity index is 870. The molecular formula is C20H26IN5O. The highest BCUT2D eigenvalue weighted by atomic mass is 127. The maximum absolute atomic E-state index is 5.36. The first-order valence-corrected chi connectivity index (χ1v) is 8.83. The van der Waals surface area contributed by atoms with Crippen LogP contribution in [-0.4, -0.2) is 22.3 Å². The molecule has 144 valence electrons. The molecule has 2 N–H and O–H groups in total. The molecule has 2 aromatic heterocycles. The highest BCUT2D eigenvalue weighted by molar-refractivity contribution is 14.0. The van der Waals surface area contributed by atoms with Crippen molar-refractivity contribution in [1.29, 1.82) is 0 Å². The molecular weight excluding hydrogens is 453 g/mol. The van der Waals surface area contributed by atoms with Gasteiger partial charge in [-0.2, -0.15) is 5.10 Å². The van der Waals surface area contributed by atoms with Gasteiger partial charge in [-0.05, 0) is 50.6 Å². The average molecular weight is 479 g/mol. The number of rotatable bonds is 6. The molecule has 0 amide bonds. The molecule has 0 aliphatic rings. The van der Waals surface area contributed by atoms with Crippen LogP contribution < -0.4 is 10.6 Å². The van der Waals surface area contributed by atoms with E-state index < -0.39 is 0 Å². The molecule has 3 aromatic rings. The average Bonchev–Trinajstić information content (AvgIpc) is 3.27. The smallest absolute Gasteiger partial charge is 0.191 e. The van der Waals surface area contributed by atoms with Gasteiger partial charge >= 0.3 is 0 Å². The summed E-state index contributed by atoms with van der Waals surface area (Å²) in [4.78, 5) is 4.72. The van der Waals surface area contributed by atoms with Crippen LogP contribution in [0.4, 0.5) is 0 Å². The number of hydrogen-bond donors (Lipinski definition) is 2. The van der Waals surface area contributed by atoms with Gasteiger partial charge in [0, 0.05) is 12.2 Å². The summed E-state index contributed by atoms with van der Waals surface area (Å²) in [6.45, 7) is 8.07. The SMILES string of the molecule is CCNC(=NCc1ccccc1-n1nc(C)cc1C)NCc1ccco1.I. The largest absolute Gasteiger partial charge is 0.467 e. The number of aromatic nitrogens is 2. The fourth-order valence-electron chi connectivity index (χ4n) is 2.81. The lowest BCUT2D eigenvalue weighted by Crippen LogP contribution is -2.36. The molecule has 6 nitrogen and oxygen atoms in total. The van der Waals surface area contributed by atoms with Crippen molar-refractivity contribution in [1.82, 2.24) is 20.4 Å². The topological polar surface area (TPSA) is 67.4 Å². The van der Waals surface area contributed by atoms with Crippen LogP contribution in [0.5, 0.6) is 0 Å². The van der Waals surface area contributed by atoms with Gasteiger partial charge in [0.25, 0.3) is 0 Å². The first kappa shape index (κ1) is 21.0. The Morgan fingerprint density at radius 3 is 2.63 bits per heavy atom. The molecule has 0 radical (unpaired) electrons. The lowest BCUT2D eigenvalue weighted by Gasteiger charge is -2.12. The third-order valence-corrected chi connectivity index (χ3v) is 3.99. The Hall–Kier alpha value is -2.29. The standard InChI is InChI=1S/C20H25N5O.HI/c1-4-21-20(23-14-18-9-7-11-26-18)22-13-17-8-5-6-10-19(17)25-16(3)12-15(2)24-25;/h5-12H,4,13-14H2,1-3H3,(H2,21,22,23);1H. The predicted octanol–water partition coefficient (Wildman–Crippen LogP) is 3.96. The second-order valence-electron chi connectivity index (χ2n) is 6.10. The van der Waals surface area contributed by atoms with Gasteiger partial charge in [-0.25, -0.2) is 9.67 Å². The van der Waals surface area contributed by atoms with Gasteiger partial charge in [0.15, 0.2) is 5.96 Å². The van der Waals surface area contributed by atoms with Gasteiger partial charge in [-0.15, -0.1) is 24.0 Å². The van der Waals surface area contributed by atoms with E-state index in [9.17, 15) is 0 Å². The minimum Gasteiger partial charge on any atom is -0.467 e. The number of guanidine groups is 1. The van der Waals surface area contributed by atoms with Crippen LogP contribution in [0.3, 0.4) is 0 Å². The summed E-state index contributed by atoms with van der Waals surface area (Å²) in [6.07, 6.45) is 1.67. The number of halogens is 1. The lowest BCUT2D eigenvalue weighted by atomic mass is 10.2. The zero-order chi connectivity index (χ0) is 18.4. The molecule has 2 heterocycles. The second kappa shape index (κ2) is 10.1. The monoisotopic (exact) mass is 479 g/mol. The summed E-state index contributed by atoms with van der Waals surface area (Å²) < 4.78 is 7.34. The minimum atomic E-state index is 0.